The van der Waals surface area contributed by atoms with Gasteiger partial charge < -0.3 is 9.47 Å². The van der Waals surface area contributed by atoms with Crippen LogP contribution in [-0.2, 0) is 19.6 Å². The van der Waals surface area contributed by atoms with Crippen molar-refractivity contribution in [2.75, 3.05) is 17.6 Å². The summed E-state index contributed by atoms with van der Waals surface area (Å²) in [7, 11) is -3.39. The molecule has 0 spiro atoms. The van der Waals surface area contributed by atoms with E-state index in [2.05, 4.69) is 4.72 Å². The van der Waals surface area contributed by atoms with E-state index in [9.17, 15) is 18.0 Å². The van der Waals surface area contributed by atoms with Crippen molar-refractivity contribution in [1.82, 2.24) is 0 Å². The van der Waals surface area contributed by atoms with Gasteiger partial charge in [-0.25, -0.2) is 13.2 Å². The average Bonchev–Trinajstić information content (AvgIpc) is 2.59. The summed E-state index contributed by atoms with van der Waals surface area (Å²) in [5.41, 5.74) is 1.52. The van der Waals surface area contributed by atoms with E-state index in [4.69, 9.17) is 9.47 Å². The molecule has 0 amide bonds. The topological polar surface area (TPSA) is 98.8 Å². The van der Waals surface area contributed by atoms with Crippen LogP contribution in [0.2, 0.25) is 0 Å². The number of anilines is 1. The smallest absolute Gasteiger partial charge is 0.344 e. The van der Waals surface area contributed by atoms with Crippen LogP contribution in [0.3, 0.4) is 0 Å². The number of ether oxygens (including phenoxy) is 2. The van der Waals surface area contributed by atoms with Gasteiger partial charge in [0.25, 0.3) is 0 Å². The van der Waals surface area contributed by atoms with Crippen molar-refractivity contribution in [3.8, 4) is 5.75 Å². The summed E-state index contributed by atoms with van der Waals surface area (Å²) in [5, 5.41) is 0. The lowest BCUT2D eigenvalue weighted by Crippen LogP contribution is -2.27. The zero-order valence-corrected chi connectivity index (χ0v) is 16.1. The Morgan fingerprint density at radius 1 is 1.07 bits per heavy atom. The van der Waals surface area contributed by atoms with Crippen LogP contribution in [-0.4, -0.2) is 39.1 Å². The molecule has 0 unspecified atom stereocenters. The summed E-state index contributed by atoms with van der Waals surface area (Å²) in [6.07, 6.45) is 0.0405. The number of esters is 1. The predicted octanol–water partition coefficient (Wildman–Crippen LogP) is 2.56. The first-order valence-electron chi connectivity index (χ1n) is 8.15. The third kappa shape index (κ3) is 6.41. The van der Waals surface area contributed by atoms with Crippen molar-refractivity contribution >= 4 is 27.5 Å². The van der Waals surface area contributed by atoms with Crippen LogP contribution >= 0.6 is 0 Å². The second-order valence-corrected chi connectivity index (χ2v) is 7.75. The Kier molecular flexibility index (Phi) is 6.57. The van der Waals surface area contributed by atoms with Crippen molar-refractivity contribution in [3.63, 3.8) is 0 Å². The standard InChI is InChI=1S/C19H21NO6S/c1-13-6-4-5-7-17(13)25-12-18(21)26-14(2)19(22)15-8-10-16(11-9-15)20-27(3,23)24/h4-11,14,20H,12H2,1-3H3/t14-/m1/s1. The zero-order valence-electron chi connectivity index (χ0n) is 15.3. The fourth-order valence-corrected chi connectivity index (χ4v) is 2.86. The van der Waals surface area contributed by atoms with E-state index in [0.29, 0.717) is 17.0 Å². The number of hydrogen-bond donors (Lipinski definition) is 1. The van der Waals surface area contributed by atoms with E-state index in [1.165, 1.54) is 31.2 Å². The van der Waals surface area contributed by atoms with Crippen LogP contribution in [0.4, 0.5) is 5.69 Å². The minimum absolute atomic E-state index is 0.300. The molecule has 0 aliphatic heterocycles. The van der Waals surface area contributed by atoms with Crippen LogP contribution in [0.1, 0.15) is 22.8 Å². The minimum Gasteiger partial charge on any atom is -0.482 e. The zero-order chi connectivity index (χ0) is 20.0. The normalized spacial score (nSPS) is 12.1. The number of carbonyl (C=O) groups is 2. The predicted molar refractivity (Wildman–Crippen MR) is 101 cm³/mol. The van der Waals surface area contributed by atoms with E-state index in [1.807, 2.05) is 19.1 Å². The number of benzene rings is 2. The Morgan fingerprint density at radius 3 is 2.30 bits per heavy atom. The van der Waals surface area contributed by atoms with Crippen LogP contribution in [0.15, 0.2) is 48.5 Å². The van der Waals surface area contributed by atoms with E-state index in [1.54, 1.807) is 12.1 Å². The number of Topliss-reactive ketones (excluding diaryl/α,β-unsaturated/α-hetero) is 1. The molecule has 2 rings (SSSR count). The van der Waals surface area contributed by atoms with Gasteiger partial charge in [0.1, 0.15) is 5.75 Å². The first kappa shape index (κ1) is 20.4. The van der Waals surface area contributed by atoms with E-state index in [-0.39, 0.29) is 6.61 Å². The maximum Gasteiger partial charge on any atom is 0.344 e. The van der Waals surface area contributed by atoms with Gasteiger partial charge in [-0.05, 0) is 49.7 Å². The molecule has 0 aliphatic carbocycles. The van der Waals surface area contributed by atoms with E-state index < -0.39 is 27.9 Å². The molecule has 2 aromatic carbocycles. The van der Waals surface area contributed by atoms with Gasteiger partial charge in [-0.15, -0.1) is 0 Å². The Bertz CT molecular complexity index is 921. The number of sulfonamides is 1. The SMILES string of the molecule is Cc1ccccc1OCC(=O)O[C@H](C)C(=O)c1ccc(NS(C)(=O)=O)cc1. The lowest BCUT2D eigenvalue weighted by atomic mass is 10.1. The molecular formula is C19H21NO6S. The Labute approximate surface area is 158 Å². The van der Waals surface area contributed by atoms with Gasteiger partial charge in [-0.3, -0.25) is 9.52 Å². The van der Waals surface area contributed by atoms with Crippen molar-refractivity contribution in [2.24, 2.45) is 0 Å². The van der Waals surface area contributed by atoms with Crippen LogP contribution in [0.25, 0.3) is 0 Å². The molecule has 0 aromatic heterocycles. The quantitative estimate of drug-likeness (QED) is 0.548. The summed E-state index contributed by atoms with van der Waals surface area (Å²) >= 11 is 0. The Morgan fingerprint density at radius 2 is 1.70 bits per heavy atom. The minimum atomic E-state index is -3.39. The number of para-hydroxylation sites is 1. The van der Waals surface area contributed by atoms with Gasteiger partial charge in [0, 0.05) is 11.3 Å². The third-order valence-corrected chi connectivity index (χ3v) is 4.20. The fraction of sp³-hybridized carbons (Fsp3) is 0.263. The van der Waals surface area contributed by atoms with Gasteiger partial charge in [0.2, 0.25) is 15.8 Å². The molecule has 2 aromatic rings. The molecule has 8 heteroatoms. The number of hydrogen-bond acceptors (Lipinski definition) is 6. The van der Waals surface area contributed by atoms with Gasteiger partial charge in [-0.2, -0.15) is 0 Å². The number of ketones is 1. The molecule has 7 nitrogen and oxygen atoms in total. The maximum absolute atomic E-state index is 12.3. The molecule has 0 saturated heterocycles. The molecule has 1 N–H and O–H groups in total. The highest BCUT2D eigenvalue weighted by Gasteiger charge is 2.20. The van der Waals surface area contributed by atoms with Crippen molar-refractivity contribution in [2.45, 2.75) is 20.0 Å². The number of rotatable bonds is 8. The number of carbonyl (C=O) groups excluding carboxylic acids is 2. The van der Waals surface area contributed by atoms with Gasteiger partial charge in [-0.1, -0.05) is 18.2 Å². The Hall–Kier alpha value is -2.87. The van der Waals surface area contributed by atoms with E-state index in [0.717, 1.165) is 11.8 Å². The molecule has 0 heterocycles. The molecular weight excluding hydrogens is 370 g/mol. The fourth-order valence-electron chi connectivity index (χ4n) is 2.29. The highest BCUT2D eigenvalue weighted by molar-refractivity contribution is 7.92. The molecule has 0 aliphatic rings. The van der Waals surface area contributed by atoms with Crippen molar-refractivity contribution in [1.29, 1.82) is 0 Å². The number of aryl methyl sites for hydroxylation is 1. The summed E-state index contributed by atoms with van der Waals surface area (Å²) in [4.78, 5) is 24.3. The highest BCUT2D eigenvalue weighted by atomic mass is 32.2. The second kappa shape index (κ2) is 8.68. The Balaban J connectivity index is 1.91. The van der Waals surface area contributed by atoms with Crippen molar-refractivity contribution in [3.05, 3.63) is 59.7 Å². The first-order valence-corrected chi connectivity index (χ1v) is 10.0. The van der Waals surface area contributed by atoms with Crippen LogP contribution in [0, 0.1) is 6.92 Å². The lowest BCUT2D eigenvalue weighted by Gasteiger charge is -2.14. The summed E-state index contributed by atoms with van der Waals surface area (Å²) < 4.78 is 35.2. The highest BCUT2D eigenvalue weighted by Crippen LogP contribution is 2.16. The average molecular weight is 391 g/mol. The molecule has 0 fully saturated rings. The lowest BCUT2D eigenvalue weighted by molar-refractivity contribution is -0.148. The molecule has 27 heavy (non-hydrogen) atoms. The van der Waals surface area contributed by atoms with E-state index >= 15 is 0 Å². The van der Waals surface area contributed by atoms with Crippen LogP contribution < -0.4 is 9.46 Å². The molecule has 0 bridgehead atoms. The summed E-state index contributed by atoms with van der Waals surface area (Å²) in [6.45, 7) is 3.02. The first-order chi connectivity index (χ1) is 12.7. The molecule has 0 saturated carbocycles. The largest absolute Gasteiger partial charge is 0.482 e. The molecule has 144 valence electrons. The number of nitrogens with one attached hydrogen (secondary N) is 1. The summed E-state index contributed by atoms with van der Waals surface area (Å²) in [6, 6.07) is 13.1. The molecule has 1 atom stereocenters. The third-order valence-electron chi connectivity index (χ3n) is 3.59. The second-order valence-electron chi connectivity index (χ2n) is 6.00. The van der Waals surface area contributed by atoms with Gasteiger partial charge in [0.15, 0.2) is 12.7 Å². The van der Waals surface area contributed by atoms with Crippen molar-refractivity contribution < 1.29 is 27.5 Å². The van der Waals surface area contributed by atoms with Crippen LogP contribution in [0.5, 0.6) is 5.75 Å². The molecule has 0 radical (unpaired) electrons. The van der Waals surface area contributed by atoms with Gasteiger partial charge >= 0.3 is 5.97 Å². The maximum atomic E-state index is 12.3. The monoisotopic (exact) mass is 391 g/mol. The summed E-state index contributed by atoms with van der Waals surface area (Å²) in [5.74, 6) is -0.484. The van der Waals surface area contributed by atoms with Gasteiger partial charge in [0.05, 0.1) is 6.26 Å².